The molecule has 0 saturated carbocycles. The predicted molar refractivity (Wildman–Crippen MR) is 106 cm³/mol. The van der Waals surface area contributed by atoms with Crippen molar-refractivity contribution in [3.8, 4) is 0 Å². The van der Waals surface area contributed by atoms with Crippen molar-refractivity contribution >= 4 is 0 Å². The van der Waals surface area contributed by atoms with Gasteiger partial charge in [-0.2, -0.15) is 0 Å². The number of hydrogen-bond acceptors (Lipinski definition) is 6. The molecule has 0 N–H and O–H groups in total. The van der Waals surface area contributed by atoms with Crippen molar-refractivity contribution in [3.63, 3.8) is 0 Å². The second-order valence-corrected chi connectivity index (χ2v) is 7.45. The van der Waals surface area contributed by atoms with Crippen LogP contribution in [0.5, 0.6) is 0 Å². The molecule has 1 heterocycles. The molecular weight excluding hydrogens is 348 g/mol. The standard InChI is InChI=1S/C21H42O6/c1-7-10-22-16(4)13-19-25-20(14-17(5)23-11-8-2)27-21(26-19)15-18(6)24-12-9-3/h16-21H,7-15H2,1-6H3. The third-order valence-electron chi connectivity index (χ3n) is 4.30. The van der Waals surface area contributed by atoms with Crippen LogP contribution in [0.3, 0.4) is 0 Å². The lowest BCUT2D eigenvalue weighted by atomic mass is 10.2. The summed E-state index contributed by atoms with van der Waals surface area (Å²) in [7, 11) is 0. The summed E-state index contributed by atoms with van der Waals surface area (Å²) in [6.45, 7) is 14.7. The fourth-order valence-electron chi connectivity index (χ4n) is 2.91. The van der Waals surface area contributed by atoms with Gasteiger partial charge in [0.15, 0.2) is 18.9 Å². The zero-order chi connectivity index (χ0) is 20.1. The van der Waals surface area contributed by atoms with Gasteiger partial charge in [-0.1, -0.05) is 20.8 Å². The van der Waals surface area contributed by atoms with Crippen LogP contribution in [0.25, 0.3) is 0 Å². The van der Waals surface area contributed by atoms with E-state index in [2.05, 4.69) is 41.5 Å². The van der Waals surface area contributed by atoms with Gasteiger partial charge in [-0.15, -0.1) is 0 Å². The molecule has 1 fully saturated rings. The maximum Gasteiger partial charge on any atom is 0.166 e. The summed E-state index contributed by atoms with van der Waals surface area (Å²) in [6.07, 6.45) is 4.30. The van der Waals surface area contributed by atoms with Crippen LogP contribution in [-0.2, 0) is 28.4 Å². The average Bonchev–Trinajstić information content (AvgIpc) is 2.62. The van der Waals surface area contributed by atoms with Gasteiger partial charge in [-0.3, -0.25) is 0 Å². The molecule has 3 atom stereocenters. The van der Waals surface area contributed by atoms with Crippen LogP contribution < -0.4 is 0 Å². The van der Waals surface area contributed by atoms with E-state index in [0.717, 1.165) is 39.1 Å². The molecule has 0 aromatic rings. The molecule has 0 aliphatic carbocycles. The maximum atomic E-state index is 6.04. The summed E-state index contributed by atoms with van der Waals surface area (Å²) in [5.74, 6) is 0. The fraction of sp³-hybridized carbons (Fsp3) is 1.00. The lowest BCUT2D eigenvalue weighted by Gasteiger charge is -2.38. The van der Waals surface area contributed by atoms with E-state index in [1.807, 2.05) is 0 Å². The van der Waals surface area contributed by atoms with Gasteiger partial charge in [0, 0.05) is 39.1 Å². The fourth-order valence-corrected chi connectivity index (χ4v) is 2.91. The van der Waals surface area contributed by atoms with E-state index in [9.17, 15) is 0 Å². The smallest absolute Gasteiger partial charge is 0.166 e. The highest BCUT2D eigenvalue weighted by Gasteiger charge is 2.33. The van der Waals surface area contributed by atoms with Crippen LogP contribution in [0, 0.1) is 0 Å². The molecule has 0 spiro atoms. The van der Waals surface area contributed by atoms with E-state index < -0.39 is 0 Å². The second kappa shape index (κ2) is 14.7. The highest BCUT2D eigenvalue weighted by Crippen LogP contribution is 2.26. The van der Waals surface area contributed by atoms with Crippen LogP contribution in [0.2, 0.25) is 0 Å². The van der Waals surface area contributed by atoms with Crippen molar-refractivity contribution in [2.24, 2.45) is 0 Å². The van der Waals surface area contributed by atoms with Crippen molar-refractivity contribution < 1.29 is 28.4 Å². The van der Waals surface area contributed by atoms with E-state index in [4.69, 9.17) is 28.4 Å². The zero-order valence-corrected chi connectivity index (χ0v) is 18.3. The number of ether oxygens (including phenoxy) is 6. The molecule has 0 aromatic carbocycles. The van der Waals surface area contributed by atoms with Crippen LogP contribution >= 0.6 is 0 Å². The van der Waals surface area contributed by atoms with Crippen molar-refractivity contribution in [1.82, 2.24) is 0 Å². The van der Waals surface area contributed by atoms with E-state index in [-0.39, 0.29) is 37.2 Å². The van der Waals surface area contributed by atoms with Crippen LogP contribution in [0.15, 0.2) is 0 Å². The molecule has 1 rings (SSSR count). The third-order valence-corrected chi connectivity index (χ3v) is 4.30. The molecule has 27 heavy (non-hydrogen) atoms. The average molecular weight is 391 g/mol. The van der Waals surface area contributed by atoms with Gasteiger partial charge < -0.3 is 28.4 Å². The van der Waals surface area contributed by atoms with Crippen LogP contribution in [0.1, 0.15) is 80.1 Å². The molecule has 1 saturated heterocycles. The summed E-state index contributed by atoms with van der Waals surface area (Å²) in [5, 5.41) is 0. The minimum Gasteiger partial charge on any atom is -0.378 e. The Morgan fingerprint density at radius 1 is 0.556 bits per heavy atom. The molecule has 6 heteroatoms. The summed E-state index contributed by atoms with van der Waals surface area (Å²) >= 11 is 0. The quantitative estimate of drug-likeness (QED) is 0.406. The lowest BCUT2D eigenvalue weighted by molar-refractivity contribution is -0.393. The molecule has 6 nitrogen and oxygen atoms in total. The Bertz CT molecular complexity index is 295. The van der Waals surface area contributed by atoms with Crippen LogP contribution in [0.4, 0.5) is 0 Å². The molecule has 1 aliphatic heterocycles. The van der Waals surface area contributed by atoms with E-state index in [0.29, 0.717) is 19.3 Å². The predicted octanol–water partition coefficient (Wildman–Crippen LogP) is 4.64. The minimum atomic E-state index is -0.336. The first-order valence-electron chi connectivity index (χ1n) is 10.8. The van der Waals surface area contributed by atoms with Gasteiger partial charge in [0.2, 0.25) is 0 Å². The topological polar surface area (TPSA) is 55.4 Å². The van der Waals surface area contributed by atoms with E-state index >= 15 is 0 Å². The lowest BCUT2D eigenvalue weighted by Crippen LogP contribution is -2.44. The number of rotatable bonds is 15. The Morgan fingerprint density at radius 2 is 0.815 bits per heavy atom. The van der Waals surface area contributed by atoms with Gasteiger partial charge in [-0.25, -0.2) is 0 Å². The largest absolute Gasteiger partial charge is 0.378 e. The third kappa shape index (κ3) is 11.4. The summed E-state index contributed by atoms with van der Waals surface area (Å²) in [6, 6.07) is 0. The highest BCUT2D eigenvalue weighted by atomic mass is 16.9. The van der Waals surface area contributed by atoms with E-state index in [1.54, 1.807) is 0 Å². The Labute approximate surface area is 166 Å². The molecule has 0 amide bonds. The summed E-state index contributed by atoms with van der Waals surface area (Å²) in [4.78, 5) is 0. The molecule has 162 valence electrons. The maximum absolute atomic E-state index is 6.04. The monoisotopic (exact) mass is 390 g/mol. The SMILES string of the molecule is CCCOC(C)CC1OC(CC(C)OCCC)OC(CC(C)OCCC)O1. The van der Waals surface area contributed by atoms with Crippen LogP contribution in [-0.4, -0.2) is 57.0 Å². The Balaban J connectivity index is 2.58. The van der Waals surface area contributed by atoms with Crippen molar-refractivity contribution in [2.45, 2.75) is 117 Å². The van der Waals surface area contributed by atoms with Crippen molar-refractivity contribution in [1.29, 1.82) is 0 Å². The van der Waals surface area contributed by atoms with Gasteiger partial charge in [0.1, 0.15) is 0 Å². The number of hydrogen-bond donors (Lipinski definition) is 0. The minimum absolute atomic E-state index is 0.0804. The first-order valence-corrected chi connectivity index (χ1v) is 10.8. The second-order valence-electron chi connectivity index (χ2n) is 7.45. The van der Waals surface area contributed by atoms with Gasteiger partial charge in [0.25, 0.3) is 0 Å². The first kappa shape index (κ1) is 24.8. The Kier molecular flexibility index (Phi) is 13.5. The normalized spacial score (nSPS) is 26.7. The van der Waals surface area contributed by atoms with E-state index in [1.165, 1.54) is 0 Å². The zero-order valence-electron chi connectivity index (χ0n) is 18.3. The summed E-state index contributed by atoms with van der Waals surface area (Å²) in [5.41, 5.74) is 0. The van der Waals surface area contributed by atoms with Gasteiger partial charge in [0.05, 0.1) is 18.3 Å². The Hall–Kier alpha value is -0.240. The molecule has 3 unspecified atom stereocenters. The first-order chi connectivity index (χ1) is 13.0. The highest BCUT2D eigenvalue weighted by molar-refractivity contribution is 4.67. The molecule has 0 radical (unpaired) electrons. The molecule has 0 bridgehead atoms. The summed E-state index contributed by atoms with van der Waals surface area (Å²) < 4.78 is 35.5. The molecule has 1 aliphatic rings. The molecular formula is C21H42O6. The van der Waals surface area contributed by atoms with Crippen molar-refractivity contribution in [2.75, 3.05) is 19.8 Å². The Morgan fingerprint density at radius 3 is 1.04 bits per heavy atom. The van der Waals surface area contributed by atoms with Gasteiger partial charge in [-0.05, 0) is 40.0 Å². The molecule has 0 aromatic heterocycles. The van der Waals surface area contributed by atoms with Gasteiger partial charge >= 0.3 is 0 Å². The van der Waals surface area contributed by atoms with Crippen molar-refractivity contribution in [3.05, 3.63) is 0 Å².